The number of pyridine rings is 1. The number of carbonyl (C=O) groups is 1. The Morgan fingerprint density at radius 3 is 2.78 bits per heavy atom. The molecule has 3 rings (SSSR count). The summed E-state index contributed by atoms with van der Waals surface area (Å²) in [5.74, 6) is 0.739. The number of aryl methyl sites for hydroxylation is 2. The van der Waals surface area contributed by atoms with Gasteiger partial charge in [-0.3, -0.25) is 4.79 Å². The number of ether oxygens (including phenoxy) is 1. The molecule has 1 unspecified atom stereocenters. The number of hydrogen-bond donors (Lipinski definition) is 0. The van der Waals surface area contributed by atoms with Gasteiger partial charge in [0.15, 0.2) is 6.10 Å². The molecular formula is C17H22N4O2. The zero-order chi connectivity index (χ0) is 16.4. The predicted molar refractivity (Wildman–Crippen MR) is 86.2 cm³/mol. The molecule has 23 heavy (non-hydrogen) atoms. The summed E-state index contributed by atoms with van der Waals surface area (Å²) < 4.78 is 5.69. The highest BCUT2D eigenvalue weighted by molar-refractivity contribution is 5.82. The SMILES string of the molecule is Cc1cc(C)c(C#N)c(N2CCOC(C(=O)N3CCCC3)C2)n1. The van der Waals surface area contributed by atoms with Gasteiger partial charge in [0.05, 0.1) is 18.7 Å². The van der Waals surface area contributed by atoms with Gasteiger partial charge in [-0.25, -0.2) is 4.98 Å². The molecule has 3 heterocycles. The number of nitrogens with zero attached hydrogens (tertiary/aromatic N) is 4. The van der Waals surface area contributed by atoms with E-state index in [1.54, 1.807) is 0 Å². The second-order valence-corrected chi connectivity index (χ2v) is 6.23. The fourth-order valence-corrected chi connectivity index (χ4v) is 3.32. The van der Waals surface area contributed by atoms with Crippen molar-refractivity contribution in [1.29, 1.82) is 5.26 Å². The molecule has 0 radical (unpaired) electrons. The summed E-state index contributed by atoms with van der Waals surface area (Å²) in [6.45, 7) is 7.07. The lowest BCUT2D eigenvalue weighted by atomic mass is 10.1. The van der Waals surface area contributed by atoms with Crippen LogP contribution in [0.3, 0.4) is 0 Å². The fourth-order valence-electron chi connectivity index (χ4n) is 3.32. The average molecular weight is 314 g/mol. The molecule has 122 valence electrons. The Morgan fingerprint density at radius 2 is 2.09 bits per heavy atom. The Bertz CT molecular complexity index is 647. The molecule has 6 nitrogen and oxygen atoms in total. The minimum Gasteiger partial charge on any atom is -0.365 e. The summed E-state index contributed by atoms with van der Waals surface area (Å²) in [7, 11) is 0. The maximum Gasteiger partial charge on any atom is 0.253 e. The van der Waals surface area contributed by atoms with Crippen molar-refractivity contribution in [2.24, 2.45) is 0 Å². The Hall–Kier alpha value is -2.13. The molecule has 1 aromatic rings. The normalized spacial score (nSPS) is 21.3. The minimum atomic E-state index is -0.462. The first kappa shape index (κ1) is 15.8. The second kappa shape index (κ2) is 6.55. The molecule has 2 aliphatic rings. The van der Waals surface area contributed by atoms with Crippen LogP contribution in [0.4, 0.5) is 5.82 Å². The number of likely N-dealkylation sites (tertiary alicyclic amines) is 1. The van der Waals surface area contributed by atoms with Crippen LogP contribution in [0.1, 0.15) is 29.7 Å². The standard InChI is InChI=1S/C17H22N4O2/c1-12-9-13(2)19-16(14(12)10-18)21-7-8-23-15(11-21)17(22)20-5-3-4-6-20/h9,15H,3-8,11H2,1-2H3. The first-order chi connectivity index (χ1) is 11.1. The summed E-state index contributed by atoms with van der Waals surface area (Å²) in [4.78, 5) is 21.0. The highest BCUT2D eigenvalue weighted by Gasteiger charge is 2.32. The Kier molecular flexibility index (Phi) is 4.49. The van der Waals surface area contributed by atoms with Crippen LogP contribution in [0, 0.1) is 25.2 Å². The van der Waals surface area contributed by atoms with Crippen LogP contribution in [0.25, 0.3) is 0 Å². The van der Waals surface area contributed by atoms with Crippen molar-refractivity contribution in [2.75, 3.05) is 37.7 Å². The first-order valence-corrected chi connectivity index (χ1v) is 8.14. The van der Waals surface area contributed by atoms with Crippen molar-refractivity contribution in [3.63, 3.8) is 0 Å². The zero-order valence-electron chi connectivity index (χ0n) is 13.7. The third kappa shape index (κ3) is 3.15. The van der Waals surface area contributed by atoms with E-state index in [0.29, 0.717) is 31.1 Å². The Balaban J connectivity index is 1.81. The summed E-state index contributed by atoms with van der Waals surface area (Å²) in [6, 6.07) is 4.16. The van der Waals surface area contributed by atoms with Gasteiger partial charge in [-0.05, 0) is 38.3 Å². The third-order valence-corrected chi connectivity index (χ3v) is 4.50. The molecule has 0 aromatic carbocycles. The van der Waals surface area contributed by atoms with Gasteiger partial charge < -0.3 is 14.5 Å². The topological polar surface area (TPSA) is 69.5 Å². The largest absolute Gasteiger partial charge is 0.365 e. The van der Waals surface area contributed by atoms with Crippen LogP contribution in [0.5, 0.6) is 0 Å². The number of hydrogen-bond acceptors (Lipinski definition) is 5. The molecule has 6 heteroatoms. The predicted octanol–water partition coefficient (Wildman–Crippen LogP) is 1.40. The van der Waals surface area contributed by atoms with E-state index in [1.165, 1.54) is 0 Å². The lowest BCUT2D eigenvalue weighted by Gasteiger charge is -2.35. The Morgan fingerprint density at radius 1 is 1.35 bits per heavy atom. The third-order valence-electron chi connectivity index (χ3n) is 4.50. The van der Waals surface area contributed by atoms with Gasteiger partial charge in [-0.2, -0.15) is 5.26 Å². The Labute approximate surface area is 136 Å². The summed E-state index contributed by atoms with van der Waals surface area (Å²) >= 11 is 0. The van der Waals surface area contributed by atoms with E-state index in [0.717, 1.165) is 37.2 Å². The van der Waals surface area contributed by atoms with Crippen LogP contribution in [0.2, 0.25) is 0 Å². The van der Waals surface area contributed by atoms with Gasteiger partial charge in [0.25, 0.3) is 5.91 Å². The molecule has 2 fully saturated rings. The molecule has 0 aliphatic carbocycles. The van der Waals surface area contributed by atoms with Crippen molar-refractivity contribution >= 4 is 11.7 Å². The molecule has 1 amide bonds. The molecule has 2 saturated heterocycles. The molecule has 0 bridgehead atoms. The van der Waals surface area contributed by atoms with E-state index in [9.17, 15) is 10.1 Å². The first-order valence-electron chi connectivity index (χ1n) is 8.14. The van der Waals surface area contributed by atoms with Gasteiger partial charge in [-0.1, -0.05) is 0 Å². The van der Waals surface area contributed by atoms with Gasteiger partial charge in [0.2, 0.25) is 0 Å². The van der Waals surface area contributed by atoms with Crippen LogP contribution < -0.4 is 4.90 Å². The van der Waals surface area contributed by atoms with Gasteiger partial charge in [-0.15, -0.1) is 0 Å². The molecule has 0 N–H and O–H groups in total. The van der Waals surface area contributed by atoms with E-state index < -0.39 is 6.10 Å². The molecule has 1 atom stereocenters. The quantitative estimate of drug-likeness (QED) is 0.825. The van der Waals surface area contributed by atoms with Crippen molar-refractivity contribution in [1.82, 2.24) is 9.88 Å². The van der Waals surface area contributed by atoms with Crippen LogP contribution >= 0.6 is 0 Å². The minimum absolute atomic E-state index is 0.0649. The van der Waals surface area contributed by atoms with E-state index in [-0.39, 0.29) is 5.91 Å². The second-order valence-electron chi connectivity index (χ2n) is 6.23. The molecule has 0 spiro atoms. The highest BCUT2D eigenvalue weighted by Crippen LogP contribution is 2.24. The maximum atomic E-state index is 12.6. The number of morpholine rings is 1. The van der Waals surface area contributed by atoms with Gasteiger partial charge >= 0.3 is 0 Å². The fraction of sp³-hybridized carbons (Fsp3) is 0.588. The number of amides is 1. The van der Waals surface area contributed by atoms with E-state index in [2.05, 4.69) is 11.1 Å². The number of rotatable bonds is 2. The van der Waals surface area contributed by atoms with Crippen molar-refractivity contribution in [3.8, 4) is 6.07 Å². The zero-order valence-corrected chi connectivity index (χ0v) is 13.7. The number of nitriles is 1. The number of carbonyl (C=O) groups excluding carboxylic acids is 1. The van der Waals surface area contributed by atoms with Crippen LogP contribution in [-0.2, 0) is 9.53 Å². The molecule has 2 aliphatic heterocycles. The van der Waals surface area contributed by atoms with Crippen LogP contribution in [-0.4, -0.2) is 54.7 Å². The maximum absolute atomic E-state index is 12.6. The summed E-state index contributed by atoms with van der Waals surface area (Å²) in [5.41, 5.74) is 2.39. The van der Waals surface area contributed by atoms with Crippen molar-refractivity contribution in [2.45, 2.75) is 32.8 Å². The molecular weight excluding hydrogens is 292 g/mol. The monoisotopic (exact) mass is 314 g/mol. The van der Waals surface area contributed by atoms with Gasteiger partial charge in [0, 0.05) is 25.3 Å². The average Bonchev–Trinajstić information content (AvgIpc) is 3.08. The lowest BCUT2D eigenvalue weighted by Crippen LogP contribution is -2.51. The summed E-state index contributed by atoms with van der Waals surface area (Å²) in [6.07, 6.45) is 1.68. The number of aromatic nitrogens is 1. The van der Waals surface area contributed by atoms with E-state index in [1.807, 2.05) is 29.7 Å². The van der Waals surface area contributed by atoms with Crippen molar-refractivity contribution < 1.29 is 9.53 Å². The lowest BCUT2D eigenvalue weighted by molar-refractivity contribution is -0.143. The van der Waals surface area contributed by atoms with Gasteiger partial charge in [0.1, 0.15) is 11.9 Å². The molecule has 1 aromatic heterocycles. The number of anilines is 1. The van der Waals surface area contributed by atoms with E-state index >= 15 is 0 Å². The van der Waals surface area contributed by atoms with Crippen molar-refractivity contribution in [3.05, 3.63) is 22.9 Å². The smallest absolute Gasteiger partial charge is 0.253 e. The highest BCUT2D eigenvalue weighted by atomic mass is 16.5. The summed E-state index contributed by atoms with van der Waals surface area (Å²) in [5, 5.41) is 9.45. The van der Waals surface area contributed by atoms with E-state index in [4.69, 9.17) is 4.74 Å². The molecule has 0 saturated carbocycles. The van der Waals surface area contributed by atoms with Crippen LogP contribution in [0.15, 0.2) is 6.07 Å².